The smallest absolute Gasteiger partial charge is 0.191 e. The Kier molecular flexibility index (Phi) is 11.5. The van der Waals surface area contributed by atoms with Crippen LogP contribution in [0.15, 0.2) is 52.2 Å². The summed E-state index contributed by atoms with van der Waals surface area (Å²) in [7, 11) is 0. The first kappa shape index (κ1) is 23.8. The molecule has 1 aromatic heterocycles. The van der Waals surface area contributed by atoms with Gasteiger partial charge in [-0.2, -0.15) is 0 Å². The van der Waals surface area contributed by atoms with Crippen LogP contribution in [-0.2, 0) is 6.42 Å². The summed E-state index contributed by atoms with van der Waals surface area (Å²) in [5.41, 5.74) is 1.48. The number of rotatable bonds is 8. The Morgan fingerprint density at radius 1 is 1.26 bits per heavy atom. The van der Waals surface area contributed by atoms with Crippen LogP contribution in [0.3, 0.4) is 0 Å². The Labute approximate surface area is 185 Å². The number of aryl methyl sites for hydroxylation is 1. The number of hydrogen-bond acceptors (Lipinski definition) is 3. The Balaban J connectivity index is 0.00000364. The maximum absolute atomic E-state index is 13.8. The van der Waals surface area contributed by atoms with E-state index in [1.165, 1.54) is 6.07 Å². The fraction of sp³-hybridized carbons (Fsp3) is 0.368. The van der Waals surface area contributed by atoms with Crippen LogP contribution in [0.5, 0.6) is 0 Å². The van der Waals surface area contributed by atoms with E-state index in [1.54, 1.807) is 30.6 Å². The van der Waals surface area contributed by atoms with Crippen molar-refractivity contribution in [3.8, 4) is 0 Å². The summed E-state index contributed by atoms with van der Waals surface area (Å²) in [5.74, 6) is 0.442. The van der Waals surface area contributed by atoms with E-state index in [2.05, 4.69) is 36.5 Å². The van der Waals surface area contributed by atoms with Gasteiger partial charge in [0.2, 0.25) is 0 Å². The van der Waals surface area contributed by atoms with E-state index in [1.807, 2.05) is 13.0 Å². The van der Waals surface area contributed by atoms with Gasteiger partial charge >= 0.3 is 0 Å². The van der Waals surface area contributed by atoms with Crippen molar-refractivity contribution in [2.75, 3.05) is 19.6 Å². The van der Waals surface area contributed by atoms with Crippen molar-refractivity contribution in [2.24, 2.45) is 4.99 Å². The van der Waals surface area contributed by atoms with E-state index in [4.69, 9.17) is 0 Å². The minimum absolute atomic E-state index is 0. The zero-order chi connectivity index (χ0) is 18.8. The van der Waals surface area contributed by atoms with Crippen LogP contribution in [-0.4, -0.2) is 35.7 Å². The number of benzene rings is 1. The lowest BCUT2D eigenvalue weighted by molar-refractivity contribution is 0.187. The number of aliphatic imine (C=N–C) groups is 1. The molecular formula is C19H25BrFIN4O. The van der Waals surface area contributed by atoms with Crippen molar-refractivity contribution in [2.45, 2.75) is 25.9 Å². The van der Waals surface area contributed by atoms with Crippen LogP contribution < -0.4 is 10.6 Å². The molecule has 0 bridgehead atoms. The molecule has 0 fully saturated rings. The highest BCUT2D eigenvalue weighted by Gasteiger charge is 2.07. The monoisotopic (exact) mass is 550 g/mol. The minimum Gasteiger partial charge on any atom is -0.386 e. The number of guanidine groups is 1. The summed E-state index contributed by atoms with van der Waals surface area (Å²) in [5, 5.41) is 16.5. The molecular weight excluding hydrogens is 526 g/mol. The Morgan fingerprint density at radius 3 is 2.67 bits per heavy atom. The first-order valence-electron chi connectivity index (χ1n) is 8.64. The van der Waals surface area contributed by atoms with Crippen LogP contribution in [0.2, 0.25) is 0 Å². The Morgan fingerprint density at radius 2 is 2.00 bits per heavy atom. The van der Waals surface area contributed by atoms with Crippen molar-refractivity contribution in [1.82, 2.24) is 15.6 Å². The van der Waals surface area contributed by atoms with Gasteiger partial charge in [-0.15, -0.1) is 24.0 Å². The average Bonchev–Trinajstić information content (AvgIpc) is 2.65. The van der Waals surface area contributed by atoms with Crippen molar-refractivity contribution in [1.29, 1.82) is 0 Å². The molecule has 0 radical (unpaired) electrons. The standard InChI is InChI=1S/C19H24BrFN4O.HI/c1-2-23-19(25-13-18(26)15-7-10-22-11-8-15)24-9-3-4-14-5-6-16(20)12-17(14)21;/h5-8,10-12,18,26H,2-4,9,13H2,1H3,(H2,23,24,25);1H. The Hall–Kier alpha value is -1.26. The predicted molar refractivity (Wildman–Crippen MR) is 121 cm³/mol. The van der Waals surface area contributed by atoms with Crippen molar-refractivity contribution < 1.29 is 9.50 Å². The molecule has 8 heteroatoms. The molecule has 1 heterocycles. The number of aliphatic hydroxyl groups excluding tert-OH is 1. The van der Waals surface area contributed by atoms with Gasteiger partial charge in [0.25, 0.3) is 0 Å². The molecule has 0 saturated heterocycles. The van der Waals surface area contributed by atoms with Gasteiger partial charge in [0, 0.05) is 30.0 Å². The predicted octanol–water partition coefficient (Wildman–Crippen LogP) is 3.82. The van der Waals surface area contributed by atoms with Crippen molar-refractivity contribution in [3.63, 3.8) is 0 Å². The van der Waals surface area contributed by atoms with E-state index in [-0.39, 0.29) is 36.3 Å². The lowest BCUT2D eigenvalue weighted by Gasteiger charge is -2.13. The summed E-state index contributed by atoms with van der Waals surface area (Å²) >= 11 is 3.26. The molecule has 0 aliphatic carbocycles. The van der Waals surface area contributed by atoms with E-state index in [0.717, 1.165) is 23.0 Å². The van der Waals surface area contributed by atoms with Gasteiger partial charge in [0.1, 0.15) is 5.82 Å². The number of pyridine rings is 1. The maximum atomic E-state index is 13.8. The average molecular weight is 551 g/mol. The third kappa shape index (κ3) is 8.52. The van der Waals surface area contributed by atoms with E-state index < -0.39 is 6.10 Å². The fourth-order valence-corrected chi connectivity index (χ4v) is 2.75. The number of hydrogen-bond donors (Lipinski definition) is 3. The molecule has 1 aromatic carbocycles. The number of nitrogens with zero attached hydrogens (tertiary/aromatic N) is 2. The molecule has 0 saturated carbocycles. The second-order valence-electron chi connectivity index (χ2n) is 5.78. The highest BCUT2D eigenvalue weighted by molar-refractivity contribution is 14.0. The van der Waals surface area contributed by atoms with Gasteiger partial charge < -0.3 is 15.7 Å². The molecule has 148 valence electrons. The third-order valence-corrected chi connectivity index (χ3v) is 4.28. The highest BCUT2D eigenvalue weighted by atomic mass is 127. The molecule has 27 heavy (non-hydrogen) atoms. The normalized spacial score (nSPS) is 12.2. The molecule has 0 aliphatic heterocycles. The number of aromatic nitrogens is 1. The lowest BCUT2D eigenvalue weighted by atomic mass is 10.1. The first-order valence-corrected chi connectivity index (χ1v) is 9.43. The van der Waals surface area contributed by atoms with Gasteiger partial charge in [-0.1, -0.05) is 22.0 Å². The molecule has 5 nitrogen and oxygen atoms in total. The zero-order valence-corrected chi connectivity index (χ0v) is 19.1. The van der Waals surface area contributed by atoms with Gasteiger partial charge in [-0.3, -0.25) is 9.98 Å². The van der Waals surface area contributed by atoms with Crippen LogP contribution >= 0.6 is 39.9 Å². The van der Waals surface area contributed by atoms with Crippen LogP contribution in [0.25, 0.3) is 0 Å². The first-order chi connectivity index (χ1) is 12.6. The second kappa shape index (κ2) is 13.0. The van der Waals surface area contributed by atoms with Gasteiger partial charge in [-0.05, 0) is 55.2 Å². The molecule has 2 rings (SSSR count). The molecule has 1 atom stereocenters. The van der Waals surface area contributed by atoms with Gasteiger partial charge in [-0.25, -0.2) is 4.39 Å². The van der Waals surface area contributed by atoms with Crippen LogP contribution in [0, 0.1) is 5.82 Å². The van der Waals surface area contributed by atoms with Crippen LogP contribution in [0.1, 0.15) is 30.6 Å². The van der Waals surface area contributed by atoms with Gasteiger partial charge in [0.15, 0.2) is 5.96 Å². The molecule has 1 unspecified atom stereocenters. The summed E-state index contributed by atoms with van der Waals surface area (Å²) in [6.45, 7) is 3.61. The third-order valence-electron chi connectivity index (χ3n) is 3.79. The maximum Gasteiger partial charge on any atom is 0.191 e. The largest absolute Gasteiger partial charge is 0.386 e. The minimum atomic E-state index is -0.676. The van der Waals surface area contributed by atoms with E-state index >= 15 is 0 Å². The summed E-state index contributed by atoms with van der Waals surface area (Å²) < 4.78 is 14.6. The molecule has 3 N–H and O–H groups in total. The van der Waals surface area contributed by atoms with E-state index in [9.17, 15) is 9.50 Å². The molecule has 0 aliphatic rings. The van der Waals surface area contributed by atoms with Crippen molar-refractivity contribution >= 4 is 45.9 Å². The summed E-state index contributed by atoms with van der Waals surface area (Å²) in [6.07, 6.45) is 4.03. The number of nitrogens with one attached hydrogen (secondary N) is 2. The topological polar surface area (TPSA) is 69.5 Å². The quantitative estimate of drug-likeness (QED) is 0.202. The van der Waals surface area contributed by atoms with E-state index in [0.29, 0.717) is 24.5 Å². The fourth-order valence-electron chi connectivity index (χ4n) is 2.42. The highest BCUT2D eigenvalue weighted by Crippen LogP contribution is 2.16. The lowest BCUT2D eigenvalue weighted by Crippen LogP contribution is -2.38. The zero-order valence-electron chi connectivity index (χ0n) is 15.2. The number of aliphatic hydroxyl groups is 1. The van der Waals surface area contributed by atoms with Crippen LogP contribution in [0.4, 0.5) is 4.39 Å². The molecule has 0 amide bonds. The SMILES string of the molecule is CCNC(=NCC(O)c1ccncc1)NCCCc1ccc(Br)cc1F.I. The molecule has 2 aromatic rings. The summed E-state index contributed by atoms with van der Waals surface area (Å²) in [4.78, 5) is 8.34. The molecule has 0 spiro atoms. The Bertz CT molecular complexity index is 718. The summed E-state index contributed by atoms with van der Waals surface area (Å²) in [6, 6.07) is 8.66. The van der Waals surface area contributed by atoms with Crippen molar-refractivity contribution in [3.05, 3.63) is 64.1 Å². The second-order valence-corrected chi connectivity index (χ2v) is 6.70. The van der Waals surface area contributed by atoms with Gasteiger partial charge in [0.05, 0.1) is 12.6 Å². The number of halogens is 3.